The molecule has 12 heavy (non-hydrogen) atoms. The molecule has 0 atom stereocenters. The summed E-state index contributed by atoms with van der Waals surface area (Å²) in [5.74, 6) is 0.141. The zero-order valence-electron chi connectivity index (χ0n) is 6.60. The van der Waals surface area contributed by atoms with E-state index in [9.17, 15) is 4.39 Å². The van der Waals surface area contributed by atoms with Gasteiger partial charge in [-0.3, -0.25) is 0 Å². The summed E-state index contributed by atoms with van der Waals surface area (Å²) >= 11 is 3.06. The standard InChI is InChI=1S/C8H9BrFNO/c1-12-8-3-7(10)6(9)2-5(8)4-11/h2-3H,4,11H2,1H3. The van der Waals surface area contributed by atoms with Crippen molar-refractivity contribution in [3.8, 4) is 5.75 Å². The maximum Gasteiger partial charge on any atom is 0.141 e. The second-order valence-electron chi connectivity index (χ2n) is 2.28. The van der Waals surface area contributed by atoms with E-state index in [-0.39, 0.29) is 5.82 Å². The van der Waals surface area contributed by atoms with Gasteiger partial charge in [-0.05, 0) is 22.0 Å². The van der Waals surface area contributed by atoms with Gasteiger partial charge < -0.3 is 10.5 Å². The van der Waals surface area contributed by atoms with Crippen molar-refractivity contribution in [2.24, 2.45) is 5.73 Å². The topological polar surface area (TPSA) is 35.2 Å². The Morgan fingerprint density at radius 1 is 1.58 bits per heavy atom. The first-order chi connectivity index (χ1) is 5.69. The number of hydrogen-bond donors (Lipinski definition) is 1. The van der Waals surface area contributed by atoms with Crippen LogP contribution >= 0.6 is 15.9 Å². The molecule has 0 amide bonds. The van der Waals surface area contributed by atoms with Crippen molar-refractivity contribution < 1.29 is 9.13 Å². The lowest BCUT2D eigenvalue weighted by atomic mass is 10.2. The van der Waals surface area contributed by atoms with Crippen molar-refractivity contribution in [1.29, 1.82) is 0 Å². The Hall–Kier alpha value is -0.610. The van der Waals surface area contributed by atoms with E-state index in [4.69, 9.17) is 10.5 Å². The number of methoxy groups -OCH3 is 1. The summed E-state index contributed by atoms with van der Waals surface area (Å²) in [5, 5.41) is 0. The lowest BCUT2D eigenvalue weighted by Gasteiger charge is -2.07. The Labute approximate surface area is 78.6 Å². The van der Waals surface area contributed by atoms with Crippen LogP contribution in [0, 0.1) is 5.82 Å². The Kier molecular flexibility index (Phi) is 3.05. The van der Waals surface area contributed by atoms with Crippen LogP contribution in [0.15, 0.2) is 16.6 Å². The Morgan fingerprint density at radius 3 is 2.75 bits per heavy atom. The zero-order chi connectivity index (χ0) is 9.14. The molecule has 0 aliphatic rings. The van der Waals surface area contributed by atoms with Gasteiger partial charge >= 0.3 is 0 Å². The van der Waals surface area contributed by atoms with Crippen LogP contribution in [0.25, 0.3) is 0 Å². The van der Waals surface area contributed by atoms with E-state index in [1.807, 2.05) is 0 Å². The van der Waals surface area contributed by atoms with Crippen LogP contribution in [0.3, 0.4) is 0 Å². The molecule has 4 heteroatoms. The quantitative estimate of drug-likeness (QED) is 0.849. The predicted molar refractivity (Wildman–Crippen MR) is 48.5 cm³/mol. The third kappa shape index (κ3) is 1.76. The average molecular weight is 234 g/mol. The molecule has 1 aromatic rings. The molecule has 0 saturated carbocycles. The fourth-order valence-electron chi connectivity index (χ4n) is 0.919. The van der Waals surface area contributed by atoms with Crippen molar-refractivity contribution in [2.45, 2.75) is 6.54 Å². The number of benzene rings is 1. The van der Waals surface area contributed by atoms with Gasteiger partial charge in [-0.25, -0.2) is 4.39 Å². The number of ether oxygens (including phenoxy) is 1. The van der Waals surface area contributed by atoms with E-state index in [0.29, 0.717) is 16.8 Å². The summed E-state index contributed by atoms with van der Waals surface area (Å²) in [7, 11) is 1.49. The van der Waals surface area contributed by atoms with Crippen LogP contribution in [-0.4, -0.2) is 7.11 Å². The van der Waals surface area contributed by atoms with Crippen molar-refractivity contribution in [3.05, 3.63) is 28.0 Å². The number of halogens is 2. The molecule has 1 rings (SSSR count). The molecule has 66 valence electrons. The summed E-state index contributed by atoms with van der Waals surface area (Å²) < 4.78 is 18.3. The maximum atomic E-state index is 12.9. The maximum absolute atomic E-state index is 12.9. The average Bonchev–Trinajstić information content (AvgIpc) is 2.09. The van der Waals surface area contributed by atoms with Gasteiger partial charge in [-0.15, -0.1) is 0 Å². The molecule has 1 aromatic carbocycles. The van der Waals surface area contributed by atoms with Gasteiger partial charge in [0.1, 0.15) is 11.6 Å². The molecule has 0 saturated heterocycles. The molecule has 0 spiro atoms. The van der Waals surface area contributed by atoms with E-state index in [1.165, 1.54) is 13.2 Å². The van der Waals surface area contributed by atoms with Crippen LogP contribution in [-0.2, 0) is 6.54 Å². The Morgan fingerprint density at radius 2 is 2.25 bits per heavy atom. The van der Waals surface area contributed by atoms with Crippen molar-refractivity contribution in [2.75, 3.05) is 7.11 Å². The molecule has 0 fully saturated rings. The van der Waals surface area contributed by atoms with Gasteiger partial charge in [0.05, 0.1) is 11.6 Å². The monoisotopic (exact) mass is 233 g/mol. The van der Waals surface area contributed by atoms with Gasteiger partial charge in [-0.1, -0.05) is 0 Å². The number of rotatable bonds is 2. The second kappa shape index (κ2) is 3.87. The smallest absolute Gasteiger partial charge is 0.141 e. The van der Waals surface area contributed by atoms with Gasteiger partial charge in [-0.2, -0.15) is 0 Å². The lowest BCUT2D eigenvalue weighted by Crippen LogP contribution is -2.00. The number of nitrogens with two attached hydrogens (primary N) is 1. The highest BCUT2D eigenvalue weighted by Crippen LogP contribution is 2.25. The summed E-state index contributed by atoms with van der Waals surface area (Å²) in [4.78, 5) is 0. The fraction of sp³-hybridized carbons (Fsp3) is 0.250. The Bertz CT molecular complexity index is 262. The van der Waals surface area contributed by atoms with Crippen molar-refractivity contribution >= 4 is 15.9 Å². The minimum Gasteiger partial charge on any atom is -0.496 e. The minimum absolute atomic E-state index is 0.335. The molecular formula is C8H9BrFNO. The molecule has 0 aliphatic heterocycles. The summed E-state index contributed by atoms with van der Waals surface area (Å²) in [6, 6.07) is 2.93. The summed E-state index contributed by atoms with van der Waals surface area (Å²) in [6.07, 6.45) is 0. The molecule has 0 bridgehead atoms. The molecule has 0 aromatic heterocycles. The van der Waals surface area contributed by atoms with Crippen LogP contribution in [0.2, 0.25) is 0 Å². The highest BCUT2D eigenvalue weighted by atomic mass is 79.9. The first-order valence-corrected chi connectivity index (χ1v) is 4.20. The van der Waals surface area contributed by atoms with Crippen molar-refractivity contribution in [1.82, 2.24) is 0 Å². The first-order valence-electron chi connectivity index (χ1n) is 3.41. The Balaban J connectivity index is 3.19. The fourth-order valence-corrected chi connectivity index (χ4v) is 1.31. The third-order valence-corrected chi connectivity index (χ3v) is 2.15. The van der Waals surface area contributed by atoms with Gasteiger partial charge in [0.2, 0.25) is 0 Å². The molecule has 0 radical (unpaired) electrons. The first kappa shape index (κ1) is 9.48. The van der Waals surface area contributed by atoms with Crippen LogP contribution in [0.1, 0.15) is 5.56 Å². The van der Waals surface area contributed by atoms with E-state index >= 15 is 0 Å². The highest BCUT2D eigenvalue weighted by molar-refractivity contribution is 9.10. The van der Waals surface area contributed by atoms with E-state index < -0.39 is 0 Å². The minimum atomic E-state index is -0.343. The highest BCUT2D eigenvalue weighted by Gasteiger charge is 2.06. The summed E-state index contributed by atoms with van der Waals surface area (Å²) in [5.41, 5.74) is 6.21. The van der Waals surface area contributed by atoms with Gasteiger partial charge in [0, 0.05) is 18.2 Å². The lowest BCUT2D eigenvalue weighted by molar-refractivity contribution is 0.406. The van der Waals surface area contributed by atoms with E-state index in [1.54, 1.807) is 6.07 Å². The molecule has 0 heterocycles. The predicted octanol–water partition coefficient (Wildman–Crippen LogP) is 2.06. The van der Waals surface area contributed by atoms with Crippen molar-refractivity contribution in [3.63, 3.8) is 0 Å². The third-order valence-electron chi connectivity index (χ3n) is 1.54. The van der Waals surface area contributed by atoms with Crippen LogP contribution < -0.4 is 10.5 Å². The SMILES string of the molecule is COc1cc(F)c(Br)cc1CN. The molecule has 2 N–H and O–H groups in total. The van der Waals surface area contributed by atoms with Crippen LogP contribution in [0.4, 0.5) is 4.39 Å². The summed E-state index contributed by atoms with van der Waals surface area (Å²) in [6.45, 7) is 0.335. The normalized spacial score (nSPS) is 10.0. The zero-order valence-corrected chi connectivity index (χ0v) is 8.19. The molecule has 2 nitrogen and oxygen atoms in total. The molecular weight excluding hydrogens is 225 g/mol. The van der Waals surface area contributed by atoms with E-state index in [2.05, 4.69) is 15.9 Å². The van der Waals surface area contributed by atoms with Gasteiger partial charge in [0.15, 0.2) is 0 Å². The van der Waals surface area contributed by atoms with Crippen LogP contribution in [0.5, 0.6) is 5.75 Å². The van der Waals surface area contributed by atoms with Gasteiger partial charge in [0.25, 0.3) is 0 Å². The van der Waals surface area contributed by atoms with E-state index in [0.717, 1.165) is 5.56 Å². The molecule has 0 unspecified atom stereocenters. The number of hydrogen-bond acceptors (Lipinski definition) is 2. The second-order valence-corrected chi connectivity index (χ2v) is 3.14. The largest absolute Gasteiger partial charge is 0.496 e. The molecule has 0 aliphatic carbocycles.